The van der Waals surface area contributed by atoms with Crippen molar-refractivity contribution in [1.29, 1.82) is 0 Å². The second-order valence-corrected chi connectivity index (χ2v) is 13.7. The Balaban J connectivity index is 1.11. The molecule has 2 saturated heterocycles. The molecule has 6 rings (SSSR count). The Morgan fingerprint density at radius 2 is 1.62 bits per heavy atom. The predicted molar refractivity (Wildman–Crippen MR) is 166 cm³/mol. The molecule has 2 unspecified atom stereocenters. The SMILES string of the molecule is CC(=O)N1CCN(c2ccc(N(CC3C4CN(C(=O)c5ccc(C(C)(C)C)cc5)CC43)C(=O)c3cccs3)cn2)CC1. The molecule has 220 valence electrons. The number of pyridine rings is 1. The fraction of sp³-hybridized carbons (Fsp3) is 0.455. The minimum absolute atomic E-state index is 0.00790. The summed E-state index contributed by atoms with van der Waals surface area (Å²) >= 11 is 1.45. The zero-order chi connectivity index (χ0) is 29.6. The number of benzene rings is 1. The summed E-state index contributed by atoms with van der Waals surface area (Å²) in [6.07, 6.45) is 1.80. The molecule has 0 radical (unpaired) electrons. The molecule has 8 nitrogen and oxygen atoms in total. The van der Waals surface area contributed by atoms with Gasteiger partial charge in [0.15, 0.2) is 0 Å². The summed E-state index contributed by atoms with van der Waals surface area (Å²) in [7, 11) is 0. The largest absolute Gasteiger partial charge is 0.353 e. The van der Waals surface area contributed by atoms with Crippen LogP contribution < -0.4 is 9.80 Å². The molecule has 3 aromatic rings. The number of carbonyl (C=O) groups excluding carboxylic acids is 3. The highest BCUT2D eigenvalue weighted by Crippen LogP contribution is 2.52. The lowest BCUT2D eigenvalue weighted by molar-refractivity contribution is -0.129. The van der Waals surface area contributed by atoms with Gasteiger partial charge in [0.1, 0.15) is 5.82 Å². The maximum absolute atomic E-state index is 13.6. The lowest BCUT2D eigenvalue weighted by Crippen LogP contribution is -2.48. The van der Waals surface area contributed by atoms with Gasteiger partial charge in [-0.15, -0.1) is 11.3 Å². The van der Waals surface area contributed by atoms with Gasteiger partial charge in [0, 0.05) is 58.3 Å². The van der Waals surface area contributed by atoms with Crippen molar-refractivity contribution in [1.82, 2.24) is 14.8 Å². The van der Waals surface area contributed by atoms with Crippen LogP contribution in [-0.2, 0) is 10.2 Å². The van der Waals surface area contributed by atoms with E-state index >= 15 is 0 Å². The van der Waals surface area contributed by atoms with Crippen molar-refractivity contribution in [2.45, 2.75) is 33.1 Å². The Labute approximate surface area is 251 Å². The Hall–Kier alpha value is -3.72. The smallest absolute Gasteiger partial charge is 0.268 e. The van der Waals surface area contributed by atoms with E-state index in [1.807, 2.05) is 56.5 Å². The number of hydrogen-bond acceptors (Lipinski definition) is 6. The van der Waals surface area contributed by atoms with Crippen LogP contribution >= 0.6 is 11.3 Å². The molecule has 42 heavy (non-hydrogen) atoms. The van der Waals surface area contributed by atoms with Crippen LogP contribution in [0, 0.1) is 17.8 Å². The number of piperidine rings is 1. The van der Waals surface area contributed by atoms with E-state index in [1.54, 1.807) is 13.1 Å². The van der Waals surface area contributed by atoms with Crippen molar-refractivity contribution in [3.8, 4) is 0 Å². The van der Waals surface area contributed by atoms with Gasteiger partial charge < -0.3 is 19.6 Å². The number of aromatic nitrogens is 1. The number of amides is 3. The molecule has 3 aliphatic rings. The molecule has 1 aromatic carbocycles. The fourth-order valence-electron chi connectivity index (χ4n) is 6.41. The molecule has 1 aliphatic carbocycles. The molecule has 2 aliphatic heterocycles. The zero-order valence-electron chi connectivity index (χ0n) is 24.8. The van der Waals surface area contributed by atoms with Gasteiger partial charge in [-0.25, -0.2) is 4.98 Å². The first kappa shape index (κ1) is 28.4. The summed E-state index contributed by atoms with van der Waals surface area (Å²) in [5.41, 5.74) is 2.80. The number of rotatable bonds is 6. The first-order valence-corrected chi connectivity index (χ1v) is 15.7. The van der Waals surface area contributed by atoms with Crippen LogP contribution in [0.4, 0.5) is 11.5 Å². The molecule has 3 fully saturated rings. The van der Waals surface area contributed by atoms with Gasteiger partial charge in [-0.2, -0.15) is 0 Å². The highest BCUT2D eigenvalue weighted by Gasteiger charge is 2.57. The number of thiophene rings is 1. The molecule has 3 amide bonds. The van der Waals surface area contributed by atoms with Gasteiger partial charge in [-0.3, -0.25) is 14.4 Å². The van der Waals surface area contributed by atoms with E-state index in [2.05, 4.69) is 37.8 Å². The van der Waals surface area contributed by atoms with E-state index in [1.165, 1.54) is 16.9 Å². The average Bonchev–Trinajstić information content (AvgIpc) is 3.38. The van der Waals surface area contributed by atoms with E-state index in [9.17, 15) is 14.4 Å². The van der Waals surface area contributed by atoms with Crippen molar-refractivity contribution in [2.24, 2.45) is 17.8 Å². The Bertz CT molecular complexity index is 1430. The molecule has 2 aromatic heterocycles. The number of nitrogens with zero attached hydrogens (tertiary/aromatic N) is 5. The maximum atomic E-state index is 13.6. The third-order valence-electron chi connectivity index (χ3n) is 9.12. The van der Waals surface area contributed by atoms with Crippen LogP contribution in [0.2, 0.25) is 0 Å². The maximum Gasteiger partial charge on any atom is 0.268 e. The van der Waals surface area contributed by atoms with Gasteiger partial charge in [0.05, 0.1) is 16.8 Å². The topological polar surface area (TPSA) is 77.1 Å². The molecule has 0 N–H and O–H groups in total. The molecular formula is C33H39N5O3S. The van der Waals surface area contributed by atoms with Crippen LogP contribution in [0.15, 0.2) is 60.1 Å². The molecule has 0 spiro atoms. The number of fused-ring (bicyclic) bond motifs is 1. The third kappa shape index (κ3) is 5.67. The van der Waals surface area contributed by atoms with E-state index in [4.69, 9.17) is 4.98 Å². The highest BCUT2D eigenvalue weighted by molar-refractivity contribution is 7.12. The van der Waals surface area contributed by atoms with E-state index in [0.717, 1.165) is 43.2 Å². The van der Waals surface area contributed by atoms with Crippen molar-refractivity contribution < 1.29 is 14.4 Å². The summed E-state index contributed by atoms with van der Waals surface area (Å²) in [6.45, 7) is 13.1. The quantitative estimate of drug-likeness (QED) is 0.417. The van der Waals surface area contributed by atoms with Gasteiger partial charge in [-0.1, -0.05) is 39.0 Å². The summed E-state index contributed by atoms with van der Waals surface area (Å²) in [5.74, 6) is 2.23. The predicted octanol–water partition coefficient (Wildman–Crippen LogP) is 4.77. The van der Waals surface area contributed by atoms with Crippen molar-refractivity contribution in [3.05, 3.63) is 76.1 Å². The van der Waals surface area contributed by atoms with E-state index in [-0.39, 0.29) is 23.1 Å². The lowest BCUT2D eigenvalue weighted by Gasteiger charge is -2.35. The minimum Gasteiger partial charge on any atom is -0.353 e. The van der Waals surface area contributed by atoms with E-state index in [0.29, 0.717) is 42.3 Å². The first-order chi connectivity index (χ1) is 20.1. The van der Waals surface area contributed by atoms with Crippen LogP contribution in [0.5, 0.6) is 0 Å². The fourth-order valence-corrected chi connectivity index (χ4v) is 7.08. The van der Waals surface area contributed by atoms with Crippen molar-refractivity contribution in [2.75, 3.05) is 55.6 Å². The second kappa shape index (κ2) is 11.2. The Kier molecular flexibility index (Phi) is 7.55. The summed E-state index contributed by atoms with van der Waals surface area (Å²) in [6, 6.07) is 15.8. The van der Waals surface area contributed by atoms with Crippen LogP contribution in [0.25, 0.3) is 0 Å². The van der Waals surface area contributed by atoms with Crippen LogP contribution in [0.3, 0.4) is 0 Å². The Morgan fingerprint density at radius 1 is 0.929 bits per heavy atom. The zero-order valence-corrected chi connectivity index (χ0v) is 25.6. The molecular weight excluding hydrogens is 546 g/mol. The minimum atomic E-state index is -0.00790. The number of anilines is 2. The van der Waals surface area contributed by atoms with Crippen molar-refractivity contribution in [3.63, 3.8) is 0 Å². The number of piperazine rings is 1. The van der Waals surface area contributed by atoms with Crippen molar-refractivity contribution >= 4 is 40.6 Å². The lowest BCUT2D eigenvalue weighted by atomic mass is 9.86. The number of likely N-dealkylation sites (tertiary alicyclic amines) is 1. The molecule has 9 heteroatoms. The normalized spacial score (nSPS) is 21.7. The number of hydrogen-bond donors (Lipinski definition) is 0. The molecule has 0 bridgehead atoms. The number of carbonyl (C=O) groups is 3. The summed E-state index contributed by atoms with van der Waals surface area (Å²) in [4.78, 5) is 51.9. The molecule has 2 atom stereocenters. The van der Waals surface area contributed by atoms with Gasteiger partial charge >= 0.3 is 0 Å². The third-order valence-corrected chi connectivity index (χ3v) is 9.98. The van der Waals surface area contributed by atoms with Crippen LogP contribution in [-0.4, -0.2) is 78.3 Å². The molecule has 4 heterocycles. The highest BCUT2D eigenvalue weighted by atomic mass is 32.1. The average molecular weight is 586 g/mol. The van der Waals surface area contributed by atoms with E-state index < -0.39 is 0 Å². The molecule has 1 saturated carbocycles. The Morgan fingerprint density at radius 3 is 2.17 bits per heavy atom. The van der Waals surface area contributed by atoms with Gasteiger partial charge in [0.25, 0.3) is 11.8 Å². The monoisotopic (exact) mass is 585 g/mol. The van der Waals surface area contributed by atoms with Gasteiger partial charge in [-0.05, 0) is 64.4 Å². The van der Waals surface area contributed by atoms with Crippen LogP contribution in [0.1, 0.15) is 53.3 Å². The standard InChI is InChI=1S/C33H39N5O3S/c1-22(39)35-13-15-36(16-14-35)30-12-11-25(18-34-30)38(32(41)29-6-5-17-42-29)21-28-26-19-37(20-27(26)28)31(40)23-7-9-24(10-8-23)33(2,3)4/h5-12,17-18,26-28H,13-16,19-21H2,1-4H3. The summed E-state index contributed by atoms with van der Waals surface area (Å²) in [5, 5.41) is 1.93. The first-order valence-electron chi connectivity index (χ1n) is 14.8. The van der Waals surface area contributed by atoms with Gasteiger partial charge in [0.2, 0.25) is 5.91 Å². The second-order valence-electron chi connectivity index (χ2n) is 12.8. The summed E-state index contributed by atoms with van der Waals surface area (Å²) < 4.78 is 0.